The van der Waals surface area contributed by atoms with Crippen LogP contribution in [0.25, 0.3) is 44.5 Å². The Kier molecular flexibility index (Phi) is 4.83. The van der Waals surface area contributed by atoms with Crippen LogP contribution in [-0.4, -0.2) is 9.97 Å². The van der Waals surface area contributed by atoms with E-state index in [1.165, 1.54) is 33.4 Å². The van der Waals surface area contributed by atoms with E-state index in [4.69, 9.17) is 0 Å². The van der Waals surface area contributed by atoms with Crippen molar-refractivity contribution in [2.45, 2.75) is 5.41 Å². The smallest absolute Gasteiger partial charge is 0.101 e. The summed E-state index contributed by atoms with van der Waals surface area (Å²) in [6.45, 7) is 0. The molecule has 0 radical (unpaired) electrons. The first kappa shape index (κ1) is 23.1. The number of fused-ring (bicyclic) bond motifs is 10. The van der Waals surface area contributed by atoms with Gasteiger partial charge in [0.15, 0.2) is 0 Å². The van der Waals surface area contributed by atoms with Crippen LogP contribution in [-0.2, 0) is 5.41 Å². The van der Waals surface area contributed by atoms with E-state index in [0.29, 0.717) is 11.1 Å². The highest BCUT2D eigenvalue weighted by atomic mass is 14.6. The summed E-state index contributed by atoms with van der Waals surface area (Å²) in [5.74, 6) is 0. The molecule has 4 heteroatoms. The van der Waals surface area contributed by atoms with Gasteiger partial charge in [-0.3, -0.25) is 9.97 Å². The van der Waals surface area contributed by atoms with Gasteiger partial charge < -0.3 is 0 Å². The molecular formula is C37H20N4. The largest absolute Gasteiger partial charge is 0.263 e. The van der Waals surface area contributed by atoms with Gasteiger partial charge in [-0.05, 0) is 79.9 Å². The van der Waals surface area contributed by atoms with Gasteiger partial charge in [-0.2, -0.15) is 10.5 Å². The first-order valence-electron chi connectivity index (χ1n) is 13.4. The van der Waals surface area contributed by atoms with Gasteiger partial charge >= 0.3 is 0 Å². The average Bonchev–Trinajstić information content (AvgIpc) is 3.51. The van der Waals surface area contributed by atoms with Gasteiger partial charge in [0.25, 0.3) is 0 Å². The molecule has 8 rings (SSSR count). The molecule has 0 bridgehead atoms. The van der Waals surface area contributed by atoms with Crippen LogP contribution in [0.2, 0.25) is 0 Å². The molecule has 41 heavy (non-hydrogen) atoms. The molecule has 0 saturated carbocycles. The second-order valence-electron chi connectivity index (χ2n) is 10.5. The summed E-state index contributed by atoms with van der Waals surface area (Å²) >= 11 is 0. The van der Waals surface area contributed by atoms with Crippen molar-refractivity contribution in [2.75, 3.05) is 0 Å². The summed E-state index contributed by atoms with van der Waals surface area (Å²) in [5, 5.41) is 19.0. The minimum atomic E-state index is -0.450. The summed E-state index contributed by atoms with van der Waals surface area (Å²) in [6.07, 6.45) is 6.79. The molecule has 0 amide bonds. The second-order valence-corrected chi connectivity index (χ2v) is 10.5. The topological polar surface area (TPSA) is 73.4 Å². The predicted molar refractivity (Wildman–Crippen MR) is 159 cm³/mol. The van der Waals surface area contributed by atoms with E-state index in [1.54, 1.807) is 12.4 Å². The van der Waals surface area contributed by atoms with Gasteiger partial charge in [-0.15, -0.1) is 0 Å². The van der Waals surface area contributed by atoms with Crippen LogP contribution in [0.5, 0.6) is 0 Å². The predicted octanol–water partition coefficient (Wildman–Crippen LogP) is 7.90. The number of rotatable bonds is 2. The van der Waals surface area contributed by atoms with Crippen molar-refractivity contribution in [3.05, 3.63) is 155 Å². The van der Waals surface area contributed by atoms with Gasteiger partial charge in [-0.1, -0.05) is 72.8 Å². The number of hydrogen-bond donors (Lipinski definition) is 0. The third-order valence-electron chi connectivity index (χ3n) is 8.49. The minimum Gasteiger partial charge on any atom is -0.263 e. The Labute approximate surface area is 237 Å². The van der Waals surface area contributed by atoms with Gasteiger partial charge in [0, 0.05) is 35.9 Å². The Bertz CT molecular complexity index is 1990. The molecule has 4 aromatic carbocycles. The first-order valence-corrected chi connectivity index (χ1v) is 13.4. The standard InChI is InChI=1S/C37H20N4/c38-17-23-13-27(21-40-19-23)25-9-11-35-31(15-25)32-16-26(28-14-24(18-39)20-41-22-28)10-12-36(32)37(35)33-7-3-1-5-29(33)30-6-2-4-8-34(30)37/h1-16,19-22H. The molecule has 2 heterocycles. The fraction of sp³-hybridized carbons (Fsp3) is 0.0270. The number of aromatic nitrogens is 2. The van der Waals surface area contributed by atoms with Crippen molar-refractivity contribution in [1.82, 2.24) is 9.97 Å². The molecule has 2 aromatic heterocycles. The molecule has 0 N–H and O–H groups in total. The Balaban J connectivity index is 1.45. The minimum absolute atomic E-state index is 0.450. The highest BCUT2D eigenvalue weighted by molar-refractivity contribution is 5.97. The zero-order valence-electron chi connectivity index (χ0n) is 21.8. The van der Waals surface area contributed by atoms with Crippen molar-refractivity contribution in [3.8, 4) is 56.6 Å². The number of nitriles is 2. The summed E-state index contributed by atoms with van der Waals surface area (Å²) < 4.78 is 0. The molecule has 188 valence electrons. The molecule has 0 fully saturated rings. The molecule has 0 unspecified atom stereocenters. The number of nitrogens with zero attached hydrogens (tertiary/aromatic N) is 4. The van der Waals surface area contributed by atoms with Gasteiger partial charge in [-0.25, -0.2) is 0 Å². The zero-order chi connectivity index (χ0) is 27.6. The first-order chi connectivity index (χ1) is 20.2. The van der Waals surface area contributed by atoms with E-state index >= 15 is 0 Å². The third-order valence-corrected chi connectivity index (χ3v) is 8.49. The highest BCUT2D eigenvalue weighted by Crippen LogP contribution is 2.63. The summed E-state index contributed by atoms with van der Waals surface area (Å²) in [7, 11) is 0. The average molecular weight is 521 g/mol. The molecule has 2 aliphatic carbocycles. The summed E-state index contributed by atoms with van der Waals surface area (Å²) in [6, 6.07) is 38.9. The lowest BCUT2D eigenvalue weighted by atomic mass is 9.70. The molecule has 0 aliphatic heterocycles. The van der Waals surface area contributed by atoms with Crippen LogP contribution in [0.3, 0.4) is 0 Å². The van der Waals surface area contributed by atoms with Crippen LogP contribution in [0.15, 0.2) is 122 Å². The monoisotopic (exact) mass is 520 g/mol. The molecule has 6 aromatic rings. The maximum Gasteiger partial charge on any atom is 0.101 e. The van der Waals surface area contributed by atoms with Crippen LogP contribution in [0.1, 0.15) is 33.4 Å². The SMILES string of the molecule is N#Cc1cncc(-c2ccc3c(c2)-c2cc(-c4cncc(C#N)c4)ccc2C32c3ccccc3-c3ccccc32)c1. The fourth-order valence-corrected chi connectivity index (χ4v) is 6.83. The summed E-state index contributed by atoms with van der Waals surface area (Å²) in [4.78, 5) is 8.63. The number of benzene rings is 4. The summed E-state index contributed by atoms with van der Waals surface area (Å²) in [5.41, 5.74) is 14.3. The van der Waals surface area contributed by atoms with Crippen molar-refractivity contribution < 1.29 is 0 Å². The molecule has 2 aliphatic rings. The van der Waals surface area contributed by atoms with Gasteiger partial charge in [0.1, 0.15) is 12.1 Å². The lowest BCUT2D eigenvalue weighted by molar-refractivity contribution is 0.794. The van der Waals surface area contributed by atoms with Crippen LogP contribution in [0.4, 0.5) is 0 Å². The molecular weight excluding hydrogens is 500 g/mol. The Morgan fingerprint density at radius 1 is 0.439 bits per heavy atom. The van der Waals surface area contributed by atoms with Crippen LogP contribution >= 0.6 is 0 Å². The van der Waals surface area contributed by atoms with Crippen molar-refractivity contribution in [2.24, 2.45) is 0 Å². The number of pyridine rings is 2. The quantitative estimate of drug-likeness (QED) is 0.232. The van der Waals surface area contributed by atoms with Crippen LogP contribution in [0, 0.1) is 22.7 Å². The lowest BCUT2D eigenvalue weighted by Gasteiger charge is -2.30. The van der Waals surface area contributed by atoms with Gasteiger partial charge in [0.05, 0.1) is 16.5 Å². The van der Waals surface area contributed by atoms with E-state index in [2.05, 4.69) is 107 Å². The van der Waals surface area contributed by atoms with Crippen molar-refractivity contribution >= 4 is 0 Å². The molecule has 1 spiro atoms. The maximum atomic E-state index is 9.48. The van der Waals surface area contributed by atoms with E-state index in [0.717, 1.165) is 33.4 Å². The molecule has 0 saturated heterocycles. The maximum absolute atomic E-state index is 9.48. The van der Waals surface area contributed by atoms with E-state index in [1.807, 2.05) is 24.5 Å². The van der Waals surface area contributed by atoms with E-state index < -0.39 is 5.41 Å². The van der Waals surface area contributed by atoms with Gasteiger partial charge in [0.2, 0.25) is 0 Å². The second kappa shape index (κ2) is 8.58. The Morgan fingerprint density at radius 3 is 1.34 bits per heavy atom. The highest BCUT2D eigenvalue weighted by Gasteiger charge is 2.51. The third kappa shape index (κ3) is 3.13. The lowest BCUT2D eigenvalue weighted by Crippen LogP contribution is -2.25. The zero-order valence-corrected chi connectivity index (χ0v) is 21.8. The normalized spacial score (nSPS) is 13.0. The molecule has 4 nitrogen and oxygen atoms in total. The van der Waals surface area contributed by atoms with Crippen molar-refractivity contribution in [1.29, 1.82) is 10.5 Å². The van der Waals surface area contributed by atoms with E-state index in [-0.39, 0.29) is 0 Å². The van der Waals surface area contributed by atoms with Crippen LogP contribution < -0.4 is 0 Å². The molecule has 0 atom stereocenters. The Hall–Kier alpha value is -5.84. The van der Waals surface area contributed by atoms with Crippen molar-refractivity contribution in [3.63, 3.8) is 0 Å². The number of hydrogen-bond acceptors (Lipinski definition) is 4. The fourth-order valence-electron chi connectivity index (χ4n) is 6.83. The Morgan fingerprint density at radius 2 is 0.878 bits per heavy atom. The van der Waals surface area contributed by atoms with E-state index in [9.17, 15) is 10.5 Å².